The first-order chi connectivity index (χ1) is 14.6. The normalized spacial score (nSPS) is 24.4. The molecular weight excluding hydrogens is 377 g/mol. The van der Waals surface area contributed by atoms with Crippen LogP contribution < -0.4 is 15.5 Å². The first-order valence-corrected chi connectivity index (χ1v) is 11.0. The van der Waals surface area contributed by atoms with Gasteiger partial charge in [-0.25, -0.2) is 4.39 Å². The molecule has 2 heterocycles. The molecule has 2 aromatic carbocycles. The molecule has 2 aromatic rings. The number of hydrogen-bond acceptors (Lipinski definition) is 3. The summed E-state index contributed by atoms with van der Waals surface area (Å²) >= 11 is 0. The van der Waals surface area contributed by atoms with Gasteiger partial charge in [0.1, 0.15) is 5.82 Å². The van der Waals surface area contributed by atoms with Gasteiger partial charge in [-0.05, 0) is 61.4 Å². The Hall–Kier alpha value is -2.82. The van der Waals surface area contributed by atoms with Gasteiger partial charge in [-0.1, -0.05) is 31.4 Å². The van der Waals surface area contributed by atoms with E-state index in [0.717, 1.165) is 35.8 Å². The zero-order valence-electron chi connectivity index (χ0n) is 17.4. The van der Waals surface area contributed by atoms with E-state index < -0.39 is 0 Å². The van der Waals surface area contributed by atoms with Gasteiger partial charge < -0.3 is 15.5 Å². The molecular formula is C25H28FN3O. The van der Waals surface area contributed by atoms with Crippen molar-refractivity contribution in [1.82, 2.24) is 0 Å². The summed E-state index contributed by atoms with van der Waals surface area (Å²) in [5.41, 5.74) is 4.67. The molecule has 0 radical (unpaired) electrons. The van der Waals surface area contributed by atoms with E-state index in [-0.39, 0.29) is 11.7 Å². The highest BCUT2D eigenvalue weighted by Crippen LogP contribution is 2.38. The average molecular weight is 406 g/mol. The van der Waals surface area contributed by atoms with Gasteiger partial charge in [0.05, 0.1) is 11.3 Å². The summed E-state index contributed by atoms with van der Waals surface area (Å²) in [7, 11) is 0. The predicted octanol–water partition coefficient (Wildman–Crippen LogP) is 5.56. The Morgan fingerprint density at radius 1 is 1.13 bits per heavy atom. The lowest BCUT2D eigenvalue weighted by molar-refractivity contribution is -0.110. The summed E-state index contributed by atoms with van der Waals surface area (Å²) in [6.45, 7) is 3.89. The van der Waals surface area contributed by atoms with Crippen molar-refractivity contribution in [3.63, 3.8) is 0 Å². The molecule has 2 unspecified atom stereocenters. The molecule has 2 N–H and O–H groups in total. The van der Waals surface area contributed by atoms with Gasteiger partial charge in [-0.15, -0.1) is 0 Å². The van der Waals surface area contributed by atoms with E-state index in [9.17, 15) is 9.18 Å². The van der Waals surface area contributed by atoms with Crippen LogP contribution in [0.15, 0.2) is 42.6 Å². The summed E-state index contributed by atoms with van der Waals surface area (Å²) in [4.78, 5) is 14.6. The number of hydrogen-bond donors (Lipinski definition) is 2. The molecule has 1 aliphatic carbocycles. The van der Waals surface area contributed by atoms with Crippen LogP contribution in [0.25, 0.3) is 5.57 Å². The first kappa shape index (κ1) is 19.2. The van der Waals surface area contributed by atoms with Crippen LogP contribution in [0.5, 0.6) is 0 Å². The van der Waals surface area contributed by atoms with Crippen LogP contribution in [0.4, 0.5) is 21.5 Å². The molecule has 1 saturated heterocycles. The predicted molar refractivity (Wildman–Crippen MR) is 120 cm³/mol. The van der Waals surface area contributed by atoms with Gasteiger partial charge in [0.2, 0.25) is 0 Å². The number of nitrogens with one attached hydrogen (secondary N) is 2. The molecule has 0 spiro atoms. The van der Waals surface area contributed by atoms with Gasteiger partial charge in [-0.3, -0.25) is 4.79 Å². The topological polar surface area (TPSA) is 44.4 Å². The number of rotatable bonds is 3. The number of aryl methyl sites for hydroxylation is 1. The Morgan fingerprint density at radius 2 is 1.97 bits per heavy atom. The van der Waals surface area contributed by atoms with E-state index in [0.29, 0.717) is 22.9 Å². The van der Waals surface area contributed by atoms with Gasteiger partial charge in [0.25, 0.3) is 5.91 Å². The molecule has 5 rings (SSSR count). The number of nitrogens with zero attached hydrogens (tertiary/aromatic N) is 1. The number of anilines is 3. The lowest BCUT2D eigenvalue weighted by Gasteiger charge is -2.42. The Kier molecular flexibility index (Phi) is 4.97. The molecule has 4 nitrogen and oxygen atoms in total. The fourth-order valence-corrected chi connectivity index (χ4v) is 5.40. The fourth-order valence-electron chi connectivity index (χ4n) is 5.40. The number of halogens is 1. The monoisotopic (exact) mass is 405 g/mol. The number of carbonyl (C=O) groups is 1. The maximum Gasteiger partial charge on any atom is 0.257 e. The maximum absolute atomic E-state index is 15.0. The Balaban J connectivity index is 1.33. The van der Waals surface area contributed by atoms with E-state index >= 15 is 0 Å². The van der Waals surface area contributed by atoms with E-state index in [1.54, 1.807) is 6.20 Å². The summed E-state index contributed by atoms with van der Waals surface area (Å²) in [6.07, 6.45) is 8.13. The molecule has 1 saturated carbocycles. The van der Waals surface area contributed by atoms with Crippen molar-refractivity contribution in [2.24, 2.45) is 11.8 Å². The van der Waals surface area contributed by atoms with Crippen LogP contribution in [0.1, 0.15) is 43.2 Å². The molecule has 2 fully saturated rings. The lowest BCUT2D eigenvalue weighted by Crippen LogP contribution is -2.42. The van der Waals surface area contributed by atoms with E-state index in [4.69, 9.17) is 0 Å². The van der Waals surface area contributed by atoms with E-state index in [1.165, 1.54) is 38.2 Å². The van der Waals surface area contributed by atoms with Gasteiger partial charge in [-0.2, -0.15) is 0 Å². The van der Waals surface area contributed by atoms with Crippen molar-refractivity contribution in [2.45, 2.75) is 39.0 Å². The van der Waals surface area contributed by atoms with E-state index in [1.807, 2.05) is 37.3 Å². The van der Waals surface area contributed by atoms with Crippen molar-refractivity contribution in [2.75, 3.05) is 28.6 Å². The Labute approximate surface area is 177 Å². The Bertz CT molecular complexity index is 1020. The van der Waals surface area contributed by atoms with Gasteiger partial charge >= 0.3 is 0 Å². The number of piperidine rings is 1. The van der Waals surface area contributed by atoms with Crippen LogP contribution in [0.3, 0.4) is 0 Å². The second kappa shape index (κ2) is 7.78. The van der Waals surface area contributed by atoms with Crippen molar-refractivity contribution in [1.29, 1.82) is 0 Å². The minimum absolute atomic E-state index is 0.140. The summed E-state index contributed by atoms with van der Waals surface area (Å²) in [6, 6.07) is 11.1. The number of fused-ring (bicyclic) bond motifs is 2. The molecule has 0 bridgehead atoms. The minimum atomic E-state index is -0.208. The number of benzene rings is 2. The zero-order chi connectivity index (χ0) is 20.7. The van der Waals surface area contributed by atoms with Crippen molar-refractivity contribution in [3.8, 4) is 0 Å². The lowest BCUT2D eigenvalue weighted by atomic mass is 9.75. The number of carbonyl (C=O) groups excluding carboxylic acids is 1. The van der Waals surface area contributed by atoms with Crippen molar-refractivity contribution in [3.05, 3.63) is 59.5 Å². The molecule has 3 aliphatic rings. The summed E-state index contributed by atoms with van der Waals surface area (Å²) in [5, 5.41) is 6.00. The molecule has 0 aromatic heterocycles. The quantitative estimate of drug-likeness (QED) is 0.658. The highest BCUT2D eigenvalue weighted by atomic mass is 19.1. The van der Waals surface area contributed by atoms with E-state index in [2.05, 4.69) is 15.5 Å². The smallest absolute Gasteiger partial charge is 0.257 e. The Morgan fingerprint density at radius 3 is 2.80 bits per heavy atom. The SMILES string of the molecule is Cc1cccc2c1C(=CNc1ccc(N3CCC4CCCCC4C3)c(F)c1)C(=O)N2. The fraction of sp³-hybridized carbons (Fsp3) is 0.400. The highest BCUT2D eigenvalue weighted by molar-refractivity contribution is 6.32. The van der Waals surface area contributed by atoms with Crippen LogP contribution in [-0.2, 0) is 4.79 Å². The van der Waals surface area contributed by atoms with Crippen molar-refractivity contribution >= 4 is 28.5 Å². The molecule has 2 atom stereocenters. The zero-order valence-corrected chi connectivity index (χ0v) is 17.4. The van der Waals surface area contributed by atoms with Gasteiger partial charge in [0, 0.05) is 36.2 Å². The van der Waals surface area contributed by atoms with Crippen LogP contribution in [0.2, 0.25) is 0 Å². The molecule has 156 valence electrons. The molecule has 1 amide bonds. The molecule has 2 aliphatic heterocycles. The molecule has 30 heavy (non-hydrogen) atoms. The van der Waals surface area contributed by atoms with Crippen LogP contribution >= 0.6 is 0 Å². The summed E-state index contributed by atoms with van der Waals surface area (Å²) in [5.74, 6) is 1.19. The first-order valence-electron chi connectivity index (χ1n) is 11.0. The maximum atomic E-state index is 15.0. The van der Waals surface area contributed by atoms with Gasteiger partial charge in [0.15, 0.2) is 0 Å². The average Bonchev–Trinajstić information content (AvgIpc) is 3.08. The number of amides is 1. The largest absolute Gasteiger partial charge is 0.369 e. The van der Waals surface area contributed by atoms with Crippen molar-refractivity contribution < 1.29 is 9.18 Å². The second-order valence-electron chi connectivity index (χ2n) is 8.86. The standard InChI is InChI=1S/C25H28FN3O/c1-16-5-4-8-22-24(16)20(25(30)28-22)14-27-19-9-10-23(21(26)13-19)29-12-11-17-6-2-3-7-18(17)15-29/h4-5,8-10,13-14,17-18,27H,2-3,6-7,11-12,15H2,1H3,(H,28,30). The third-order valence-corrected chi connectivity index (χ3v) is 7.00. The second-order valence-corrected chi connectivity index (χ2v) is 8.86. The van der Waals surface area contributed by atoms with Crippen LogP contribution in [0, 0.1) is 24.6 Å². The molecule has 5 heteroatoms. The summed E-state index contributed by atoms with van der Waals surface area (Å²) < 4.78 is 15.0. The third kappa shape index (κ3) is 3.47. The van der Waals surface area contributed by atoms with Crippen LogP contribution in [-0.4, -0.2) is 19.0 Å². The highest BCUT2D eigenvalue weighted by Gasteiger charge is 2.32. The minimum Gasteiger partial charge on any atom is -0.369 e. The third-order valence-electron chi connectivity index (χ3n) is 7.00.